The fraction of sp³-hybridized carbons (Fsp3) is 0.455. The van der Waals surface area contributed by atoms with Crippen LogP contribution in [0.3, 0.4) is 0 Å². The molecular weight excluding hydrogens is 620 g/mol. The van der Waals surface area contributed by atoms with Gasteiger partial charge >= 0.3 is 18.1 Å². The predicted molar refractivity (Wildman–Crippen MR) is 163 cm³/mol. The van der Waals surface area contributed by atoms with Gasteiger partial charge < -0.3 is 24.6 Å². The Balaban J connectivity index is 1.12. The average molecular weight is 655 g/mol. The molecule has 14 heteroatoms. The van der Waals surface area contributed by atoms with Crippen LogP contribution in [0.4, 0.5) is 29.1 Å². The van der Waals surface area contributed by atoms with E-state index >= 15 is 0 Å². The number of halogens is 4. The van der Waals surface area contributed by atoms with Gasteiger partial charge in [-0.1, -0.05) is 6.07 Å². The van der Waals surface area contributed by atoms with Gasteiger partial charge in [-0.25, -0.2) is 18.7 Å². The SMILES string of the molecule is N#Cc1ccc(-c2cc(NCC34CCN(CC3)CC4)nn2-c2ccc(N3CCC(OCC(=O)OC(=O)C(F)(F)F)CC3)cc2)cc1F. The van der Waals surface area contributed by atoms with Crippen LogP contribution in [-0.4, -0.2) is 84.8 Å². The van der Waals surface area contributed by atoms with Crippen LogP contribution in [0.5, 0.6) is 0 Å². The summed E-state index contributed by atoms with van der Waals surface area (Å²) in [5.41, 5.74) is 3.17. The van der Waals surface area contributed by atoms with Crippen LogP contribution in [0.25, 0.3) is 16.9 Å². The van der Waals surface area contributed by atoms with Crippen molar-refractivity contribution in [2.75, 3.05) is 56.1 Å². The summed E-state index contributed by atoms with van der Waals surface area (Å²) in [6.45, 7) is 4.57. The Kier molecular flexibility index (Phi) is 9.20. The third-order valence-corrected chi connectivity index (χ3v) is 9.39. The molecule has 4 fully saturated rings. The fourth-order valence-corrected chi connectivity index (χ4v) is 6.54. The van der Waals surface area contributed by atoms with Crippen molar-refractivity contribution in [1.29, 1.82) is 5.26 Å². The lowest BCUT2D eigenvalue weighted by Crippen LogP contribution is -2.50. The first-order valence-electron chi connectivity index (χ1n) is 15.6. The molecule has 1 aromatic heterocycles. The molecule has 1 N–H and O–H groups in total. The first-order valence-corrected chi connectivity index (χ1v) is 15.6. The van der Waals surface area contributed by atoms with Gasteiger partial charge in [-0.3, -0.25) is 0 Å². The Morgan fingerprint density at radius 1 is 0.979 bits per heavy atom. The molecule has 10 nitrogen and oxygen atoms in total. The second-order valence-corrected chi connectivity index (χ2v) is 12.4. The molecule has 0 atom stereocenters. The molecule has 4 saturated heterocycles. The summed E-state index contributed by atoms with van der Waals surface area (Å²) in [4.78, 5) is 27.0. The third-order valence-electron chi connectivity index (χ3n) is 9.39. The molecule has 0 radical (unpaired) electrons. The number of aromatic nitrogens is 2. The zero-order chi connectivity index (χ0) is 33.2. The van der Waals surface area contributed by atoms with Crippen molar-refractivity contribution in [3.63, 3.8) is 0 Å². The molecule has 4 aliphatic heterocycles. The lowest BCUT2D eigenvalue weighted by Gasteiger charge is -2.48. The second-order valence-electron chi connectivity index (χ2n) is 12.4. The van der Waals surface area contributed by atoms with Crippen LogP contribution in [0.1, 0.15) is 37.7 Å². The van der Waals surface area contributed by atoms with Crippen molar-refractivity contribution in [2.24, 2.45) is 5.41 Å². The summed E-state index contributed by atoms with van der Waals surface area (Å²) in [7, 11) is 0. The summed E-state index contributed by atoms with van der Waals surface area (Å²) in [6, 6.07) is 16.0. The predicted octanol–water partition coefficient (Wildman–Crippen LogP) is 5.07. The number of nitriles is 1. The van der Waals surface area contributed by atoms with E-state index in [9.17, 15) is 32.4 Å². The van der Waals surface area contributed by atoms with Gasteiger partial charge in [0.25, 0.3) is 0 Å². The molecule has 0 saturated carbocycles. The lowest BCUT2D eigenvalue weighted by molar-refractivity contribution is -0.203. The quantitative estimate of drug-likeness (QED) is 0.192. The molecule has 0 spiro atoms. The number of esters is 2. The molecule has 4 aliphatic rings. The summed E-state index contributed by atoms with van der Waals surface area (Å²) < 4.78 is 62.4. The highest BCUT2D eigenvalue weighted by Crippen LogP contribution is 2.40. The molecule has 248 valence electrons. The molecule has 5 heterocycles. The summed E-state index contributed by atoms with van der Waals surface area (Å²) in [5.74, 6) is -3.86. The standard InChI is InChI=1S/C33H34F4N6O4/c34-27-17-22(1-2-23(27)19-38)28-18-29(39-21-32-9-14-41(15-10-32)16-11-32)40-43(28)25-5-3-24(4-6-25)42-12-7-26(8-13-42)46-20-30(44)47-31(45)33(35,36)37/h1-6,17-18,26H,7-16,20-21H2,(H,39,40). The molecule has 0 amide bonds. The maximum atomic E-state index is 14.7. The minimum absolute atomic E-state index is 0.0316. The number of nitrogens with zero attached hydrogens (tertiary/aromatic N) is 5. The van der Waals surface area contributed by atoms with Crippen molar-refractivity contribution in [3.05, 3.63) is 59.9 Å². The van der Waals surface area contributed by atoms with Crippen LogP contribution in [-0.2, 0) is 19.1 Å². The largest absolute Gasteiger partial charge is 0.491 e. The molecule has 2 aromatic carbocycles. The van der Waals surface area contributed by atoms with Gasteiger partial charge in [0.05, 0.1) is 23.0 Å². The summed E-state index contributed by atoms with van der Waals surface area (Å²) >= 11 is 0. The van der Waals surface area contributed by atoms with Crippen LogP contribution < -0.4 is 10.2 Å². The smallest absolute Gasteiger partial charge is 0.385 e. The van der Waals surface area contributed by atoms with Gasteiger partial charge in [-0.15, -0.1) is 5.10 Å². The number of benzene rings is 2. The molecule has 0 unspecified atom stereocenters. The minimum atomic E-state index is -5.25. The Labute approximate surface area is 268 Å². The van der Waals surface area contributed by atoms with Crippen molar-refractivity contribution >= 4 is 23.4 Å². The highest BCUT2D eigenvalue weighted by Gasteiger charge is 2.42. The maximum Gasteiger partial charge on any atom is 0.491 e. The van der Waals surface area contributed by atoms with Crippen molar-refractivity contribution in [3.8, 4) is 23.0 Å². The Hall–Kier alpha value is -4.48. The van der Waals surface area contributed by atoms with Crippen molar-refractivity contribution in [1.82, 2.24) is 14.7 Å². The number of fused-ring (bicyclic) bond motifs is 3. The third kappa shape index (κ3) is 7.41. The van der Waals surface area contributed by atoms with Crippen LogP contribution >= 0.6 is 0 Å². The van der Waals surface area contributed by atoms with Gasteiger partial charge in [0.2, 0.25) is 0 Å². The summed E-state index contributed by atoms with van der Waals surface area (Å²) in [5, 5.41) is 17.6. The van der Waals surface area contributed by atoms with E-state index in [1.807, 2.05) is 36.4 Å². The topological polar surface area (TPSA) is 113 Å². The number of alkyl halides is 3. The Bertz CT molecular complexity index is 1640. The van der Waals surface area contributed by atoms with E-state index in [0.717, 1.165) is 56.8 Å². The number of hydrogen-bond donors (Lipinski definition) is 1. The van der Waals surface area contributed by atoms with Crippen molar-refractivity contribution in [2.45, 2.75) is 44.4 Å². The highest BCUT2D eigenvalue weighted by molar-refractivity contribution is 5.89. The van der Waals surface area contributed by atoms with Gasteiger partial charge in [0.15, 0.2) is 0 Å². The van der Waals surface area contributed by atoms with E-state index in [1.54, 1.807) is 10.7 Å². The van der Waals surface area contributed by atoms with E-state index in [4.69, 9.17) is 9.84 Å². The first-order chi connectivity index (χ1) is 22.5. The van der Waals surface area contributed by atoms with E-state index < -0.39 is 30.5 Å². The molecule has 2 bridgehead atoms. The number of ether oxygens (including phenoxy) is 2. The van der Waals surface area contributed by atoms with E-state index in [0.29, 0.717) is 43.0 Å². The van der Waals surface area contributed by atoms with E-state index in [1.165, 1.54) is 12.1 Å². The van der Waals surface area contributed by atoms with Crippen LogP contribution in [0.15, 0.2) is 48.5 Å². The van der Waals surface area contributed by atoms with Gasteiger partial charge in [0.1, 0.15) is 24.3 Å². The van der Waals surface area contributed by atoms with Crippen molar-refractivity contribution < 1.29 is 36.6 Å². The molecule has 3 aromatic rings. The Morgan fingerprint density at radius 3 is 2.26 bits per heavy atom. The minimum Gasteiger partial charge on any atom is -0.385 e. The number of carbonyl (C=O) groups excluding carboxylic acids is 2. The van der Waals surface area contributed by atoms with Crippen LogP contribution in [0, 0.1) is 22.6 Å². The number of rotatable bonds is 9. The van der Waals surface area contributed by atoms with E-state index in [2.05, 4.69) is 19.9 Å². The second kappa shape index (κ2) is 13.3. The van der Waals surface area contributed by atoms with Gasteiger partial charge in [0, 0.05) is 37.0 Å². The molecule has 7 rings (SSSR count). The first kappa shape index (κ1) is 32.5. The van der Waals surface area contributed by atoms with E-state index in [-0.39, 0.29) is 17.1 Å². The number of piperidine rings is 4. The highest BCUT2D eigenvalue weighted by atomic mass is 19.4. The number of hydrogen-bond acceptors (Lipinski definition) is 9. The zero-order valence-corrected chi connectivity index (χ0v) is 25.6. The fourth-order valence-electron chi connectivity index (χ4n) is 6.54. The molecular formula is C33H34F4N6O4. The molecule has 47 heavy (non-hydrogen) atoms. The number of carbonyl (C=O) groups is 2. The lowest BCUT2D eigenvalue weighted by atomic mass is 9.72. The van der Waals surface area contributed by atoms with Crippen LogP contribution in [0.2, 0.25) is 0 Å². The zero-order valence-electron chi connectivity index (χ0n) is 25.6. The normalized spacial score (nSPS) is 21.3. The molecule has 0 aliphatic carbocycles. The Morgan fingerprint density at radius 2 is 1.64 bits per heavy atom. The number of anilines is 2. The van der Waals surface area contributed by atoms with Gasteiger partial charge in [-0.05, 0) is 93.6 Å². The monoisotopic (exact) mass is 654 g/mol. The maximum absolute atomic E-state index is 14.7. The van der Waals surface area contributed by atoms with Gasteiger partial charge in [-0.2, -0.15) is 18.4 Å². The summed E-state index contributed by atoms with van der Waals surface area (Å²) in [6.07, 6.45) is -1.14. The average Bonchev–Trinajstić information content (AvgIpc) is 3.52. The number of nitrogens with one attached hydrogen (secondary N) is 1.